The average molecular weight is 549 g/mol. The zero-order valence-corrected chi connectivity index (χ0v) is 22.7. The summed E-state index contributed by atoms with van der Waals surface area (Å²) >= 11 is 0. The molecule has 0 atom stereocenters. The molecule has 0 bridgehead atoms. The van der Waals surface area contributed by atoms with Gasteiger partial charge >= 0.3 is 0 Å². The summed E-state index contributed by atoms with van der Waals surface area (Å²) in [6, 6.07) is 15.1. The van der Waals surface area contributed by atoms with Crippen molar-refractivity contribution in [3.8, 4) is 34.0 Å². The fraction of sp³-hybridized carbons (Fsp3) is 0.321. The number of benzene rings is 2. The zero-order valence-electron chi connectivity index (χ0n) is 21.9. The van der Waals surface area contributed by atoms with Gasteiger partial charge in [0, 0.05) is 43.0 Å². The molecule has 0 radical (unpaired) electrons. The molecule has 1 aliphatic rings. The van der Waals surface area contributed by atoms with Crippen LogP contribution in [-0.4, -0.2) is 48.0 Å². The van der Waals surface area contributed by atoms with Crippen molar-refractivity contribution in [3.05, 3.63) is 60.3 Å². The maximum absolute atomic E-state index is 12.6. The van der Waals surface area contributed by atoms with E-state index in [2.05, 4.69) is 32.6 Å². The second-order valence-corrected chi connectivity index (χ2v) is 12.3. The number of nitrogens with zero attached hydrogens (tertiary/aromatic N) is 3. The number of ether oxygens (including phenoxy) is 1. The highest BCUT2D eigenvalue weighted by atomic mass is 32.2. The number of hydrogen-bond donors (Lipinski definition) is 3. The van der Waals surface area contributed by atoms with Crippen molar-refractivity contribution in [2.75, 3.05) is 24.7 Å². The van der Waals surface area contributed by atoms with Crippen LogP contribution in [0.4, 0.5) is 11.5 Å². The van der Waals surface area contributed by atoms with Gasteiger partial charge in [0.1, 0.15) is 5.69 Å². The first-order valence-corrected chi connectivity index (χ1v) is 14.4. The van der Waals surface area contributed by atoms with Crippen molar-refractivity contribution in [1.29, 1.82) is 0 Å². The average Bonchev–Trinajstić information content (AvgIpc) is 3.43. The van der Waals surface area contributed by atoms with Crippen LogP contribution in [-0.2, 0) is 21.1 Å². The van der Waals surface area contributed by atoms with Gasteiger partial charge in [0.15, 0.2) is 27.1 Å². The lowest BCUT2D eigenvalue weighted by Gasteiger charge is -2.23. The van der Waals surface area contributed by atoms with Gasteiger partial charge in [0.2, 0.25) is 0 Å². The normalized spacial score (nSPS) is 14.6. The van der Waals surface area contributed by atoms with Gasteiger partial charge < -0.3 is 26.0 Å². The molecular weight excluding hydrogens is 516 g/mol. The number of aromatic nitrogens is 3. The van der Waals surface area contributed by atoms with E-state index in [0.29, 0.717) is 34.4 Å². The molecule has 10 nitrogen and oxygen atoms in total. The van der Waals surface area contributed by atoms with E-state index in [0.717, 1.165) is 38.2 Å². The quantitative estimate of drug-likeness (QED) is 0.274. The monoisotopic (exact) mass is 548 g/mol. The summed E-state index contributed by atoms with van der Waals surface area (Å²) in [6.07, 6.45) is 3.58. The van der Waals surface area contributed by atoms with E-state index in [-0.39, 0.29) is 16.4 Å². The van der Waals surface area contributed by atoms with E-state index in [9.17, 15) is 8.42 Å². The van der Waals surface area contributed by atoms with Gasteiger partial charge in [0.25, 0.3) is 0 Å². The molecule has 5 rings (SSSR count). The Morgan fingerprint density at radius 2 is 1.72 bits per heavy atom. The molecule has 0 saturated carbocycles. The molecule has 2 aromatic heterocycles. The predicted octanol–water partition coefficient (Wildman–Crippen LogP) is 4.08. The molecule has 5 N–H and O–H groups in total. The fourth-order valence-corrected chi connectivity index (χ4v) is 5.57. The molecule has 4 aromatic rings. The lowest BCUT2D eigenvalue weighted by Crippen LogP contribution is -2.34. The Morgan fingerprint density at radius 3 is 2.41 bits per heavy atom. The third kappa shape index (κ3) is 5.80. The van der Waals surface area contributed by atoms with Crippen molar-refractivity contribution < 1.29 is 17.7 Å². The molecule has 1 saturated heterocycles. The summed E-state index contributed by atoms with van der Waals surface area (Å²) in [7, 11) is -3.51. The minimum absolute atomic E-state index is 0.0927. The molecule has 2 aromatic carbocycles. The first kappa shape index (κ1) is 26.8. The molecule has 3 heterocycles. The van der Waals surface area contributed by atoms with Crippen LogP contribution in [0.3, 0.4) is 0 Å². The molecule has 0 aliphatic carbocycles. The van der Waals surface area contributed by atoms with E-state index in [1.54, 1.807) is 32.0 Å². The number of hydrogen-bond acceptors (Lipinski definition) is 10. The highest BCUT2D eigenvalue weighted by molar-refractivity contribution is 7.92. The lowest BCUT2D eigenvalue weighted by atomic mass is 10.1. The van der Waals surface area contributed by atoms with Crippen LogP contribution in [0.5, 0.6) is 0 Å². The molecule has 204 valence electrons. The van der Waals surface area contributed by atoms with Crippen LogP contribution >= 0.6 is 0 Å². The Labute approximate surface area is 227 Å². The van der Waals surface area contributed by atoms with Gasteiger partial charge in [0.05, 0.1) is 27.7 Å². The Kier molecular flexibility index (Phi) is 7.65. The molecule has 39 heavy (non-hydrogen) atoms. The van der Waals surface area contributed by atoms with Crippen molar-refractivity contribution in [2.24, 2.45) is 0 Å². The lowest BCUT2D eigenvalue weighted by molar-refractivity contribution is 0.0776. The molecule has 1 aliphatic heterocycles. The van der Waals surface area contributed by atoms with Gasteiger partial charge in [-0.05, 0) is 44.4 Å². The maximum Gasteiger partial charge on any atom is 0.189 e. The summed E-state index contributed by atoms with van der Waals surface area (Å²) < 4.78 is 36.1. The van der Waals surface area contributed by atoms with Crippen LogP contribution in [0, 0.1) is 0 Å². The van der Waals surface area contributed by atoms with Crippen molar-refractivity contribution in [3.63, 3.8) is 0 Å². The first-order chi connectivity index (χ1) is 18.7. The van der Waals surface area contributed by atoms with E-state index in [4.69, 9.17) is 20.7 Å². The van der Waals surface area contributed by atoms with E-state index < -0.39 is 15.1 Å². The highest BCUT2D eigenvalue weighted by Crippen LogP contribution is 2.32. The third-order valence-corrected chi connectivity index (χ3v) is 9.07. The largest absolute Gasteiger partial charge is 0.398 e. The van der Waals surface area contributed by atoms with E-state index in [1.807, 2.05) is 12.1 Å². The second-order valence-electron chi connectivity index (χ2n) is 9.88. The predicted molar refractivity (Wildman–Crippen MR) is 150 cm³/mol. The molecule has 11 heteroatoms. The Morgan fingerprint density at radius 1 is 1.00 bits per heavy atom. The summed E-state index contributed by atoms with van der Waals surface area (Å²) in [5.41, 5.74) is 16.5. The number of anilines is 2. The van der Waals surface area contributed by atoms with Crippen LogP contribution in [0.15, 0.2) is 64.1 Å². The molecule has 0 amide bonds. The second kappa shape index (κ2) is 11.1. The van der Waals surface area contributed by atoms with Crippen LogP contribution in [0.25, 0.3) is 34.0 Å². The topological polar surface area (TPSA) is 159 Å². The standard InChI is InChI=1S/C28H32N6O4S/c1-17(2)39(35,36)26-8-7-20(13-22(26)29)24-16-32-28(30)27(33-24)25-14-23(34-38-25)19-5-3-18(4-6-19)15-31-21-9-11-37-12-10-21/h3-8,13-14,16-17,21,31H,9-12,15,29H2,1-2H3,(H2,30,32). The van der Waals surface area contributed by atoms with Gasteiger partial charge in [-0.3, -0.25) is 0 Å². The van der Waals surface area contributed by atoms with E-state index in [1.165, 1.54) is 17.8 Å². The first-order valence-electron chi connectivity index (χ1n) is 12.9. The highest BCUT2D eigenvalue weighted by Gasteiger charge is 2.23. The summed E-state index contributed by atoms with van der Waals surface area (Å²) in [6.45, 7) is 5.65. The SMILES string of the molecule is CC(C)S(=O)(=O)c1ccc(-c2cnc(N)c(-c3cc(-c4ccc(CNC5CCOCC5)cc4)no3)n2)cc1N. The van der Waals surface area contributed by atoms with Crippen LogP contribution < -0.4 is 16.8 Å². The number of nitrogens with one attached hydrogen (secondary N) is 1. The number of sulfone groups is 1. The molecule has 0 spiro atoms. The third-order valence-electron chi connectivity index (χ3n) is 6.84. The summed E-state index contributed by atoms with van der Waals surface area (Å²) in [4.78, 5) is 8.99. The van der Waals surface area contributed by atoms with Crippen molar-refractivity contribution in [1.82, 2.24) is 20.4 Å². The Bertz CT molecular complexity index is 1560. The van der Waals surface area contributed by atoms with Crippen LogP contribution in [0.2, 0.25) is 0 Å². The Balaban J connectivity index is 1.34. The summed E-state index contributed by atoms with van der Waals surface area (Å²) in [5.74, 6) is 0.553. The molecule has 1 fully saturated rings. The Hall–Kier alpha value is -3.80. The van der Waals surface area contributed by atoms with Crippen molar-refractivity contribution in [2.45, 2.75) is 49.4 Å². The fourth-order valence-electron chi connectivity index (χ4n) is 4.42. The minimum Gasteiger partial charge on any atom is -0.398 e. The van der Waals surface area contributed by atoms with Gasteiger partial charge in [-0.2, -0.15) is 0 Å². The van der Waals surface area contributed by atoms with Gasteiger partial charge in [-0.1, -0.05) is 35.5 Å². The van der Waals surface area contributed by atoms with Crippen LogP contribution in [0.1, 0.15) is 32.3 Å². The minimum atomic E-state index is -3.51. The summed E-state index contributed by atoms with van der Waals surface area (Å²) in [5, 5.41) is 7.21. The zero-order chi connectivity index (χ0) is 27.6. The number of rotatable bonds is 8. The van der Waals surface area contributed by atoms with Crippen molar-refractivity contribution >= 4 is 21.3 Å². The maximum atomic E-state index is 12.6. The number of nitrogen functional groups attached to an aromatic ring is 2. The van der Waals surface area contributed by atoms with Gasteiger partial charge in [-0.25, -0.2) is 18.4 Å². The molecule has 0 unspecified atom stereocenters. The number of nitrogens with two attached hydrogens (primary N) is 2. The smallest absolute Gasteiger partial charge is 0.189 e. The van der Waals surface area contributed by atoms with E-state index >= 15 is 0 Å². The van der Waals surface area contributed by atoms with Gasteiger partial charge in [-0.15, -0.1) is 0 Å². The molecular formula is C28H32N6O4S.